The van der Waals surface area contributed by atoms with Crippen LogP contribution in [0.2, 0.25) is 10.0 Å². The number of benzene rings is 1. The van der Waals surface area contributed by atoms with Gasteiger partial charge in [0.2, 0.25) is 0 Å². The van der Waals surface area contributed by atoms with Crippen LogP contribution in [0, 0.1) is 0 Å². The lowest BCUT2D eigenvalue weighted by atomic mass is 10.3. The van der Waals surface area contributed by atoms with Gasteiger partial charge < -0.3 is 0 Å². The van der Waals surface area contributed by atoms with E-state index in [1.807, 2.05) is 5.48 Å². The average Bonchev–Trinajstić information content (AvgIpc) is 1.88. The molecule has 1 aromatic carbocycles. The first-order valence-corrected chi connectivity index (χ1v) is 3.35. The van der Waals surface area contributed by atoms with Crippen LogP contribution < -0.4 is 5.48 Å². The number of hydrogen-bond acceptors (Lipinski definition) is 2. The second-order valence-electron chi connectivity index (χ2n) is 1.71. The number of para-hydroxylation sites is 1. The Morgan fingerprint density at radius 2 is 1.70 bits per heavy atom. The highest BCUT2D eigenvalue weighted by Crippen LogP contribution is 2.28. The molecule has 4 heteroatoms. The zero-order chi connectivity index (χ0) is 7.56. The fraction of sp³-hybridized carbons (Fsp3) is 0. The molecule has 0 aliphatic heterocycles. The predicted octanol–water partition coefficient (Wildman–Crippen LogP) is 2.79. The smallest absolute Gasteiger partial charge is 0.0974 e. The van der Waals surface area contributed by atoms with Gasteiger partial charge in [0.1, 0.15) is 0 Å². The van der Waals surface area contributed by atoms with Gasteiger partial charge in [-0.05, 0) is 12.1 Å². The highest BCUT2D eigenvalue weighted by atomic mass is 35.5. The van der Waals surface area contributed by atoms with Crippen LogP contribution in [0.5, 0.6) is 0 Å². The third-order valence-corrected chi connectivity index (χ3v) is 1.70. The molecule has 0 radical (unpaired) electrons. The van der Waals surface area contributed by atoms with Crippen LogP contribution in [0.3, 0.4) is 0 Å². The summed E-state index contributed by atoms with van der Waals surface area (Å²) in [6, 6.07) is 4.96. The van der Waals surface area contributed by atoms with E-state index >= 15 is 0 Å². The van der Waals surface area contributed by atoms with E-state index in [4.69, 9.17) is 28.4 Å². The maximum atomic E-state index is 8.48. The minimum atomic E-state index is 0.339. The minimum absolute atomic E-state index is 0.339. The lowest BCUT2D eigenvalue weighted by Gasteiger charge is -2.02. The number of rotatable bonds is 1. The summed E-state index contributed by atoms with van der Waals surface area (Å²) in [4.78, 5) is 0. The second-order valence-corrected chi connectivity index (χ2v) is 2.52. The SMILES string of the molecule is ONc1c(Cl)cccc1Cl. The van der Waals surface area contributed by atoms with Crippen molar-refractivity contribution < 1.29 is 5.21 Å². The lowest BCUT2D eigenvalue weighted by molar-refractivity contribution is 0.389. The summed E-state index contributed by atoms with van der Waals surface area (Å²) in [5.41, 5.74) is 2.24. The van der Waals surface area contributed by atoms with Crippen LogP contribution in [0.25, 0.3) is 0 Å². The molecule has 0 fully saturated rings. The van der Waals surface area contributed by atoms with Gasteiger partial charge in [-0.15, -0.1) is 0 Å². The highest BCUT2D eigenvalue weighted by molar-refractivity contribution is 6.38. The van der Waals surface area contributed by atoms with Crippen LogP contribution in [-0.4, -0.2) is 5.21 Å². The van der Waals surface area contributed by atoms with Crippen molar-refractivity contribution in [2.45, 2.75) is 0 Å². The van der Waals surface area contributed by atoms with Gasteiger partial charge in [-0.2, -0.15) is 0 Å². The molecule has 1 aromatic rings. The van der Waals surface area contributed by atoms with Crippen molar-refractivity contribution >= 4 is 28.9 Å². The zero-order valence-electron chi connectivity index (χ0n) is 4.94. The van der Waals surface area contributed by atoms with Gasteiger partial charge in [-0.1, -0.05) is 29.3 Å². The number of anilines is 1. The molecule has 2 N–H and O–H groups in total. The van der Waals surface area contributed by atoms with Gasteiger partial charge in [0.05, 0.1) is 15.7 Å². The Morgan fingerprint density at radius 1 is 1.20 bits per heavy atom. The van der Waals surface area contributed by atoms with E-state index in [-0.39, 0.29) is 0 Å². The number of halogens is 2. The standard InChI is InChI=1S/C6H5Cl2NO/c7-4-2-1-3-5(8)6(4)9-10/h1-3,9-10H. The summed E-state index contributed by atoms with van der Waals surface area (Å²) in [6.45, 7) is 0. The second kappa shape index (κ2) is 3.10. The van der Waals surface area contributed by atoms with Crippen LogP contribution in [-0.2, 0) is 0 Å². The molecule has 0 aliphatic rings. The molecule has 2 nitrogen and oxygen atoms in total. The fourth-order valence-corrected chi connectivity index (χ4v) is 1.09. The van der Waals surface area contributed by atoms with Crippen molar-refractivity contribution in [2.75, 3.05) is 5.48 Å². The van der Waals surface area contributed by atoms with E-state index in [0.29, 0.717) is 15.7 Å². The first-order chi connectivity index (χ1) is 4.75. The van der Waals surface area contributed by atoms with Crippen molar-refractivity contribution in [1.29, 1.82) is 0 Å². The molecule has 10 heavy (non-hydrogen) atoms. The molecule has 1 rings (SSSR count). The molecule has 0 aliphatic carbocycles. The third-order valence-electron chi connectivity index (χ3n) is 1.07. The normalized spacial score (nSPS) is 9.50. The van der Waals surface area contributed by atoms with Crippen molar-refractivity contribution in [1.82, 2.24) is 0 Å². The zero-order valence-corrected chi connectivity index (χ0v) is 6.45. The average molecular weight is 178 g/mol. The van der Waals surface area contributed by atoms with Gasteiger partial charge in [0, 0.05) is 0 Å². The van der Waals surface area contributed by atoms with Crippen molar-refractivity contribution in [2.24, 2.45) is 0 Å². The van der Waals surface area contributed by atoms with Crippen LogP contribution in [0.4, 0.5) is 5.69 Å². The Labute approximate surface area is 68.3 Å². The van der Waals surface area contributed by atoms with E-state index in [1.54, 1.807) is 18.2 Å². The predicted molar refractivity (Wildman–Crippen MR) is 41.9 cm³/mol. The summed E-state index contributed by atoms with van der Waals surface area (Å²) in [7, 11) is 0. The molecule has 54 valence electrons. The van der Waals surface area contributed by atoms with E-state index in [2.05, 4.69) is 0 Å². The quantitative estimate of drug-likeness (QED) is 0.648. The Morgan fingerprint density at radius 3 is 2.00 bits per heavy atom. The van der Waals surface area contributed by atoms with E-state index < -0.39 is 0 Å². The van der Waals surface area contributed by atoms with Crippen molar-refractivity contribution in [3.8, 4) is 0 Å². The molecule has 0 spiro atoms. The highest BCUT2D eigenvalue weighted by Gasteiger charge is 2.01. The van der Waals surface area contributed by atoms with Gasteiger partial charge in [0.25, 0.3) is 0 Å². The first kappa shape index (κ1) is 7.66. The topological polar surface area (TPSA) is 32.3 Å². The first-order valence-electron chi connectivity index (χ1n) is 2.60. The van der Waals surface area contributed by atoms with Gasteiger partial charge in [-0.3, -0.25) is 10.7 Å². The molecule has 0 aromatic heterocycles. The molecule has 0 unspecified atom stereocenters. The van der Waals surface area contributed by atoms with Crippen molar-refractivity contribution in [3.05, 3.63) is 28.2 Å². The van der Waals surface area contributed by atoms with E-state index in [9.17, 15) is 0 Å². The molecule has 0 saturated heterocycles. The Hall–Kier alpha value is -0.440. The van der Waals surface area contributed by atoms with E-state index in [0.717, 1.165) is 0 Å². The minimum Gasteiger partial charge on any atom is -0.291 e. The molecular formula is C6H5Cl2NO. The largest absolute Gasteiger partial charge is 0.291 e. The van der Waals surface area contributed by atoms with Gasteiger partial charge >= 0.3 is 0 Å². The maximum absolute atomic E-state index is 8.48. The fourth-order valence-electron chi connectivity index (χ4n) is 0.605. The summed E-state index contributed by atoms with van der Waals surface area (Å²) < 4.78 is 0. The Balaban J connectivity index is 3.17. The molecule has 0 saturated carbocycles. The Bertz CT molecular complexity index is 219. The molecule has 0 heterocycles. The lowest BCUT2D eigenvalue weighted by Crippen LogP contribution is -1.90. The van der Waals surface area contributed by atoms with E-state index in [1.165, 1.54) is 0 Å². The number of nitrogens with one attached hydrogen (secondary N) is 1. The maximum Gasteiger partial charge on any atom is 0.0974 e. The van der Waals surface area contributed by atoms with Crippen LogP contribution >= 0.6 is 23.2 Å². The summed E-state index contributed by atoms with van der Waals surface area (Å²) in [6.07, 6.45) is 0. The summed E-state index contributed by atoms with van der Waals surface area (Å²) in [5, 5.41) is 9.28. The van der Waals surface area contributed by atoms with Crippen molar-refractivity contribution in [3.63, 3.8) is 0 Å². The molecule has 0 amide bonds. The monoisotopic (exact) mass is 177 g/mol. The molecular weight excluding hydrogens is 173 g/mol. The van der Waals surface area contributed by atoms with Gasteiger partial charge in [0.15, 0.2) is 0 Å². The number of hydrogen-bond donors (Lipinski definition) is 2. The Kier molecular flexibility index (Phi) is 2.38. The van der Waals surface area contributed by atoms with Crippen LogP contribution in [0.1, 0.15) is 0 Å². The molecule has 0 atom stereocenters. The summed E-state index contributed by atoms with van der Waals surface area (Å²) in [5.74, 6) is 0. The summed E-state index contributed by atoms with van der Waals surface area (Å²) >= 11 is 11.2. The van der Waals surface area contributed by atoms with Crippen LogP contribution in [0.15, 0.2) is 18.2 Å². The third kappa shape index (κ3) is 1.34. The molecule has 0 bridgehead atoms. The van der Waals surface area contributed by atoms with Gasteiger partial charge in [-0.25, -0.2) is 0 Å².